The Morgan fingerprint density at radius 3 is 2.55 bits per heavy atom. The Labute approximate surface area is 137 Å². The summed E-state index contributed by atoms with van der Waals surface area (Å²) >= 11 is 0. The van der Waals surface area contributed by atoms with E-state index in [1.54, 1.807) is 0 Å². The standard InChI is InChI=1S/C18H36N2O2/c1-14(2)9-10-15(3)19-12-11-16-8-7-13-20(16)17(21)22-18(4,5)6/h14-16,19H,7-13H2,1-6H3. The van der Waals surface area contributed by atoms with Crippen LogP contribution in [-0.2, 0) is 4.74 Å². The Hall–Kier alpha value is -0.770. The molecule has 1 N–H and O–H groups in total. The Balaban J connectivity index is 2.31. The van der Waals surface area contributed by atoms with Crippen LogP contribution in [0.5, 0.6) is 0 Å². The maximum Gasteiger partial charge on any atom is 0.410 e. The molecule has 2 atom stereocenters. The van der Waals surface area contributed by atoms with E-state index in [1.165, 1.54) is 12.8 Å². The van der Waals surface area contributed by atoms with Gasteiger partial charge in [0.25, 0.3) is 0 Å². The average molecular weight is 312 g/mol. The molecule has 2 unspecified atom stereocenters. The fourth-order valence-electron chi connectivity index (χ4n) is 2.88. The number of carbonyl (C=O) groups excluding carboxylic acids is 1. The minimum absolute atomic E-state index is 0.150. The molecule has 22 heavy (non-hydrogen) atoms. The van der Waals surface area contributed by atoms with Gasteiger partial charge in [0.1, 0.15) is 5.60 Å². The molecule has 1 rings (SSSR count). The molecule has 1 saturated heterocycles. The summed E-state index contributed by atoms with van der Waals surface area (Å²) in [5, 5.41) is 3.59. The molecule has 1 aliphatic rings. The molecule has 130 valence electrons. The van der Waals surface area contributed by atoms with Gasteiger partial charge in [0.2, 0.25) is 0 Å². The van der Waals surface area contributed by atoms with Gasteiger partial charge in [0.15, 0.2) is 0 Å². The highest BCUT2D eigenvalue weighted by Crippen LogP contribution is 2.22. The predicted molar refractivity (Wildman–Crippen MR) is 92.1 cm³/mol. The highest BCUT2D eigenvalue weighted by atomic mass is 16.6. The van der Waals surface area contributed by atoms with Gasteiger partial charge in [-0.15, -0.1) is 0 Å². The van der Waals surface area contributed by atoms with Gasteiger partial charge in [-0.3, -0.25) is 0 Å². The zero-order chi connectivity index (χ0) is 16.8. The van der Waals surface area contributed by atoms with Crippen LogP contribution >= 0.6 is 0 Å². The largest absolute Gasteiger partial charge is 0.444 e. The third-order valence-corrected chi connectivity index (χ3v) is 4.15. The second kappa shape index (κ2) is 8.76. The monoisotopic (exact) mass is 312 g/mol. The van der Waals surface area contributed by atoms with E-state index in [-0.39, 0.29) is 6.09 Å². The Bertz CT molecular complexity index is 336. The molecule has 0 bridgehead atoms. The van der Waals surface area contributed by atoms with Crippen molar-refractivity contribution in [1.82, 2.24) is 10.2 Å². The van der Waals surface area contributed by atoms with Gasteiger partial charge in [-0.25, -0.2) is 4.79 Å². The van der Waals surface area contributed by atoms with Crippen LogP contribution in [-0.4, -0.2) is 41.8 Å². The van der Waals surface area contributed by atoms with Gasteiger partial charge >= 0.3 is 6.09 Å². The van der Waals surface area contributed by atoms with Crippen LogP contribution in [0.1, 0.15) is 73.6 Å². The minimum Gasteiger partial charge on any atom is -0.444 e. The zero-order valence-electron chi connectivity index (χ0n) is 15.4. The van der Waals surface area contributed by atoms with E-state index >= 15 is 0 Å². The quantitative estimate of drug-likeness (QED) is 0.766. The second-order valence-corrected chi connectivity index (χ2v) is 8.08. The number of hydrogen-bond donors (Lipinski definition) is 1. The van der Waals surface area contributed by atoms with Crippen molar-refractivity contribution in [1.29, 1.82) is 0 Å². The van der Waals surface area contributed by atoms with Gasteiger partial charge < -0.3 is 15.0 Å². The minimum atomic E-state index is -0.409. The summed E-state index contributed by atoms with van der Waals surface area (Å²) in [6.45, 7) is 14.4. The summed E-state index contributed by atoms with van der Waals surface area (Å²) in [7, 11) is 0. The van der Waals surface area contributed by atoms with Crippen molar-refractivity contribution < 1.29 is 9.53 Å². The lowest BCUT2D eigenvalue weighted by Gasteiger charge is -2.29. The lowest BCUT2D eigenvalue weighted by Crippen LogP contribution is -2.41. The number of likely N-dealkylation sites (tertiary alicyclic amines) is 1. The molecule has 4 heteroatoms. The van der Waals surface area contributed by atoms with E-state index in [4.69, 9.17) is 4.74 Å². The summed E-state index contributed by atoms with van der Waals surface area (Å²) in [4.78, 5) is 14.2. The van der Waals surface area contributed by atoms with Crippen LogP contribution in [0.4, 0.5) is 4.79 Å². The average Bonchev–Trinajstić information content (AvgIpc) is 2.83. The normalized spacial score (nSPS) is 20.5. The van der Waals surface area contributed by atoms with Gasteiger partial charge in [0, 0.05) is 18.6 Å². The molecular weight excluding hydrogens is 276 g/mol. The topological polar surface area (TPSA) is 41.6 Å². The first-order valence-corrected chi connectivity index (χ1v) is 8.92. The molecule has 0 aromatic heterocycles. The van der Waals surface area contributed by atoms with Crippen molar-refractivity contribution in [3.63, 3.8) is 0 Å². The van der Waals surface area contributed by atoms with Crippen LogP contribution < -0.4 is 5.32 Å². The lowest BCUT2D eigenvalue weighted by atomic mass is 10.0. The van der Waals surface area contributed by atoms with E-state index in [1.807, 2.05) is 25.7 Å². The van der Waals surface area contributed by atoms with Gasteiger partial charge in [0.05, 0.1) is 0 Å². The van der Waals surface area contributed by atoms with E-state index in [0.717, 1.165) is 38.3 Å². The van der Waals surface area contributed by atoms with E-state index < -0.39 is 5.60 Å². The number of rotatable bonds is 7. The van der Waals surface area contributed by atoms with Crippen LogP contribution in [0.2, 0.25) is 0 Å². The van der Waals surface area contributed by atoms with Crippen LogP contribution in [0.25, 0.3) is 0 Å². The Kier molecular flexibility index (Phi) is 7.67. The number of carbonyl (C=O) groups is 1. The Morgan fingerprint density at radius 2 is 1.95 bits per heavy atom. The number of hydrogen-bond acceptors (Lipinski definition) is 3. The number of amides is 1. The highest BCUT2D eigenvalue weighted by Gasteiger charge is 2.31. The van der Waals surface area contributed by atoms with E-state index in [0.29, 0.717) is 12.1 Å². The fourth-order valence-corrected chi connectivity index (χ4v) is 2.88. The number of ether oxygens (including phenoxy) is 1. The molecule has 0 aromatic carbocycles. The molecule has 1 amide bonds. The van der Waals surface area contributed by atoms with Gasteiger partial charge in [-0.1, -0.05) is 13.8 Å². The summed E-state index contributed by atoms with van der Waals surface area (Å²) in [5.41, 5.74) is -0.409. The van der Waals surface area contributed by atoms with Crippen molar-refractivity contribution in [2.75, 3.05) is 13.1 Å². The first-order chi connectivity index (χ1) is 10.2. The van der Waals surface area contributed by atoms with Crippen molar-refractivity contribution >= 4 is 6.09 Å². The Morgan fingerprint density at radius 1 is 1.27 bits per heavy atom. The summed E-state index contributed by atoms with van der Waals surface area (Å²) in [5.74, 6) is 0.766. The molecule has 0 aromatic rings. The van der Waals surface area contributed by atoms with Gasteiger partial charge in [-0.05, 0) is 72.3 Å². The van der Waals surface area contributed by atoms with Gasteiger partial charge in [-0.2, -0.15) is 0 Å². The number of nitrogens with zero attached hydrogens (tertiary/aromatic N) is 1. The fraction of sp³-hybridized carbons (Fsp3) is 0.944. The van der Waals surface area contributed by atoms with Crippen LogP contribution in [0.3, 0.4) is 0 Å². The number of nitrogens with one attached hydrogen (secondary N) is 1. The predicted octanol–water partition coefficient (Wildman–Crippen LogP) is 4.19. The molecular formula is C18H36N2O2. The zero-order valence-corrected chi connectivity index (χ0v) is 15.4. The molecule has 0 aliphatic carbocycles. The first kappa shape index (κ1) is 19.3. The van der Waals surface area contributed by atoms with Crippen LogP contribution in [0, 0.1) is 5.92 Å². The summed E-state index contributed by atoms with van der Waals surface area (Å²) in [6, 6.07) is 0.887. The third-order valence-electron chi connectivity index (χ3n) is 4.15. The maximum atomic E-state index is 12.2. The van der Waals surface area contributed by atoms with Crippen molar-refractivity contribution in [2.24, 2.45) is 5.92 Å². The van der Waals surface area contributed by atoms with E-state index in [9.17, 15) is 4.79 Å². The van der Waals surface area contributed by atoms with E-state index in [2.05, 4.69) is 26.1 Å². The van der Waals surface area contributed by atoms with Crippen molar-refractivity contribution in [3.05, 3.63) is 0 Å². The second-order valence-electron chi connectivity index (χ2n) is 8.08. The van der Waals surface area contributed by atoms with Crippen LogP contribution in [0.15, 0.2) is 0 Å². The molecule has 0 radical (unpaired) electrons. The first-order valence-electron chi connectivity index (χ1n) is 8.92. The smallest absolute Gasteiger partial charge is 0.410 e. The highest BCUT2D eigenvalue weighted by molar-refractivity contribution is 5.68. The molecule has 4 nitrogen and oxygen atoms in total. The maximum absolute atomic E-state index is 12.2. The van der Waals surface area contributed by atoms with Crippen molar-refractivity contribution in [2.45, 2.75) is 91.3 Å². The third kappa shape index (κ3) is 7.48. The van der Waals surface area contributed by atoms with Crippen molar-refractivity contribution in [3.8, 4) is 0 Å². The lowest BCUT2D eigenvalue weighted by molar-refractivity contribution is 0.0220. The molecule has 1 heterocycles. The molecule has 0 spiro atoms. The SMILES string of the molecule is CC(C)CCC(C)NCCC1CCCN1C(=O)OC(C)(C)C. The molecule has 1 fully saturated rings. The summed E-state index contributed by atoms with van der Waals surface area (Å²) < 4.78 is 5.51. The molecule has 0 saturated carbocycles. The molecule has 1 aliphatic heterocycles. The summed E-state index contributed by atoms with van der Waals surface area (Å²) in [6.07, 6.45) is 5.54.